The maximum Gasteiger partial charge on any atom is 0.326 e. The SMILES string of the molecule is CN(C(=O)CCCCCCCCCCCCCCCCCCC(=O)O)C1CCC(C(=O)N[C@@H](CCC(=O)NCCOCCOCC(=O)NCCOCCOCC(=O)N[C@@H](CCCCNC(=O)CBr)C(=O)O)C(=O)O)CC1. The van der Waals surface area contributed by atoms with Gasteiger partial charge in [-0.2, -0.15) is 0 Å². The van der Waals surface area contributed by atoms with E-state index in [1.807, 2.05) is 11.9 Å². The number of unbranched alkanes of at least 4 members (excludes halogenated alkanes) is 16. The molecular weight excluding hydrogens is 1060 g/mol. The summed E-state index contributed by atoms with van der Waals surface area (Å²) in [5.41, 5.74) is 0. The van der Waals surface area contributed by atoms with Crippen LogP contribution in [-0.2, 0) is 62.1 Å². The molecule has 23 heteroatoms. The summed E-state index contributed by atoms with van der Waals surface area (Å²) in [5, 5.41) is 41.0. The van der Waals surface area contributed by atoms with E-state index in [4.69, 9.17) is 24.1 Å². The zero-order chi connectivity index (χ0) is 56.0. The highest BCUT2D eigenvalue weighted by Gasteiger charge is 2.32. The van der Waals surface area contributed by atoms with Crippen LogP contribution in [0.15, 0.2) is 0 Å². The molecule has 1 rings (SSSR count). The van der Waals surface area contributed by atoms with E-state index in [0.717, 1.165) is 38.5 Å². The van der Waals surface area contributed by atoms with Crippen LogP contribution in [0.4, 0.5) is 0 Å². The van der Waals surface area contributed by atoms with Gasteiger partial charge in [-0.1, -0.05) is 106 Å². The minimum absolute atomic E-state index is 0.0454. The van der Waals surface area contributed by atoms with Gasteiger partial charge in [0.1, 0.15) is 25.3 Å². The van der Waals surface area contributed by atoms with Crippen molar-refractivity contribution in [3.05, 3.63) is 0 Å². The second-order valence-corrected chi connectivity index (χ2v) is 20.0. The van der Waals surface area contributed by atoms with Crippen LogP contribution in [0.5, 0.6) is 0 Å². The molecule has 8 N–H and O–H groups in total. The lowest BCUT2D eigenvalue weighted by molar-refractivity contribution is -0.143. The molecule has 6 amide bonds. The largest absolute Gasteiger partial charge is 0.481 e. The van der Waals surface area contributed by atoms with Gasteiger partial charge in [-0.25, -0.2) is 9.59 Å². The third-order valence-electron chi connectivity index (χ3n) is 13.2. The van der Waals surface area contributed by atoms with Crippen molar-refractivity contribution in [2.24, 2.45) is 5.92 Å². The van der Waals surface area contributed by atoms with Gasteiger partial charge in [0, 0.05) is 57.9 Å². The number of carbonyl (C=O) groups excluding carboxylic acids is 6. The molecule has 0 spiro atoms. The zero-order valence-electron chi connectivity index (χ0n) is 45.4. The Morgan fingerprint density at radius 2 is 0.921 bits per heavy atom. The molecule has 2 atom stereocenters. The molecule has 76 heavy (non-hydrogen) atoms. The monoisotopic (exact) mass is 1150 g/mol. The number of nitrogens with one attached hydrogen (secondary N) is 5. The number of amides is 6. The van der Waals surface area contributed by atoms with E-state index in [-0.39, 0.29) is 138 Å². The number of ether oxygens (including phenoxy) is 4. The minimum atomic E-state index is -1.22. The van der Waals surface area contributed by atoms with E-state index >= 15 is 0 Å². The van der Waals surface area contributed by atoms with Crippen LogP contribution in [0.3, 0.4) is 0 Å². The first kappa shape index (κ1) is 69.6. The molecule has 1 saturated carbocycles. The summed E-state index contributed by atoms with van der Waals surface area (Å²) in [7, 11) is 1.83. The van der Waals surface area contributed by atoms with E-state index < -0.39 is 35.9 Å². The fraction of sp³-hybridized carbons (Fsp3) is 0.830. The molecule has 0 aliphatic heterocycles. The number of carbonyl (C=O) groups is 9. The van der Waals surface area contributed by atoms with E-state index in [1.54, 1.807) is 0 Å². The first-order valence-electron chi connectivity index (χ1n) is 27.8. The smallest absolute Gasteiger partial charge is 0.326 e. The van der Waals surface area contributed by atoms with Gasteiger partial charge in [0.25, 0.3) is 0 Å². The Bertz CT molecular complexity index is 1660. The Morgan fingerprint density at radius 3 is 1.42 bits per heavy atom. The number of carboxylic acids is 3. The van der Waals surface area contributed by atoms with Crippen molar-refractivity contribution in [1.82, 2.24) is 31.5 Å². The van der Waals surface area contributed by atoms with E-state index in [2.05, 4.69) is 42.5 Å². The number of rotatable bonds is 50. The zero-order valence-corrected chi connectivity index (χ0v) is 46.9. The quantitative estimate of drug-likeness (QED) is 0.0293. The molecule has 438 valence electrons. The van der Waals surface area contributed by atoms with Gasteiger partial charge >= 0.3 is 17.9 Å². The first-order valence-corrected chi connectivity index (χ1v) is 29.0. The van der Waals surface area contributed by atoms with Crippen LogP contribution in [0, 0.1) is 5.92 Å². The Kier molecular flexibility index (Phi) is 42.7. The van der Waals surface area contributed by atoms with Crippen molar-refractivity contribution in [2.75, 3.05) is 84.9 Å². The van der Waals surface area contributed by atoms with Gasteiger partial charge in [0.05, 0.1) is 45.0 Å². The standard InChI is InChI=1S/C53H93BrN6O16/c1-60(49(65)21-16-14-12-10-8-6-4-2-3-5-7-9-11-13-15-17-22-50(66)67)42-25-23-41(24-26-42)51(68)59-44(53(71)72)27-28-45(61)56-30-32-73-34-36-75-39-47(63)57-31-33-74-35-37-76-40-48(64)58-43(52(69)70)20-18-19-29-55-46(62)38-54/h41-44H,2-40H2,1H3,(H,55,62)(H,56,61)(H,57,63)(H,58,64)(H,59,68)(H,66,67)(H,69,70)(H,71,72)/t41?,42?,43-,44-/m0/s1. The van der Waals surface area contributed by atoms with Crippen LogP contribution in [-0.4, -0.2) is 177 Å². The number of carboxylic acid groups (broad SMARTS) is 3. The Labute approximate surface area is 458 Å². The van der Waals surface area contributed by atoms with Gasteiger partial charge < -0.3 is 65.8 Å². The highest BCUT2D eigenvalue weighted by molar-refractivity contribution is 9.09. The second kappa shape index (κ2) is 46.6. The lowest BCUT2D eigenvalue weighted by atomic mass is 9.84. The van der Waals surface area contributed by atoms with Crippen molar-refractivity contribution in [3.63, 3.8) is 0 Å². The summed E-state index contributed by atoms with van der Waals surface area (Å²) in [5.74, 6) is -5.19. The molecule has 0 aromatic rings. The van der Waals surface area contributed by atoms with E-state index in [0.29, 0.717) is 51.5 Å². The van der Waals surface area contributed by atoms with Crippen LogP contribution in [0.1, 0.15) is 173 Å². The molecule has 0 unspecified atom stereocenters. The number of halogens is 1. The Balaban J connectivity index is 2.04. The molecule has 0 heterocycles. The normalized spacial score (nSPS) is 15.0. The molecule has 0 saturated heterocycles. The lowest BCUT2D eigenvalue weighted by Crippen LogP contribution is -2.46. The van der Waals surface area contributed by atoms with Gasteiger partial charge in [0.2, 0.25) is 35.4 Å². The number of aliphatic carboxylic acids is 3. The summed E-state index contributed by atoms with van der Waals surface area (Å²) in [6, 6.07) is -2.24. The van der Waals surface area contributed by atoms with Gasteiger partial charge in [-0.3, -0.25) is 33.6 Å². The maximum absolute atomic E-state index is 13.1. The Morgan fingerprint density at radius 1 is 0.474 bits per heavy atom. The topological polar surface area (TPSA) is 315 Å². The molecule has 0 aromatic heterocycles. The molecule has 0 radical (unpaired) electrons. The molecular formula is C53H93BrN6O16. The van der Waals surface area contributed by atoms with Gasteiger partial charge in [0.15, 0.2) is 0 Å². The second-order valence-electron chi connectivity index (χ2n) is 19.5. The van der Waals surface area contributed by atoms with Crippen molar-refractivity contribution in [1.29, 1.82) is 0 Å². The summed E-state index contributed by atoms with van der Waals surface area (Å²) >= 11 is 3.04. The minimum Gasteiger partial charge on any atom is -0.481 e. The number of hydrogen-bond donors (Lipinski definition) is 8. The average molecular weight is 1150 g/mol. The van der Waals surface area contributed by atoms with Crippen molar-refractivity contribution < 1.29 is 77.4 Å². The summed E-state index contributed by atoms with van der Waals surface area (Å²) < 4.78 is 21.3. The third kappa shape index (κ3) is 39.0. The molecule has 22 nitrogen and oxygen atoms in total. The Hall–Kier alpha value is -4.45. The molecule has 0 aromatic carbocycles. The molecule has 1 fully saturated rings. The molecule has 0 bridgehead atoms. The maximum atomic E-state index is 13.1. The number of hydrogen-bond acceptors (Lipinski definition) is 13. The highest BCUT2D eigenvalue weighted by Crippen LogP contribution is 2.28. The predicted molar refractivity (Wildman–Crippen MR) is 288 cm³/mol. The number of alkyl halides is 1. The molecule has 1 aliphatic rings. The lowest BCUT2D eigenvalue weighted by Gasteiger charge is -2.34. The van der Waals surface area contributed by atoms with E-state index in [1.165, 1.54) is 64.2 Å². The first-order chi connectivity index (χ1) is 36.6. The fourth-order valence-corrected chi connectivity index (χ4v) is 8.83. The van der Waals surface area contributed by atoms with E-state index in [9.17, 15) is 53.4 Å². The van der Waals surface area contributed by atoms with Crippen molar-refractivity contribution in [3.8, 4) is 0 Å². The van der Waals surface area contributed by atoms with Gasteiger partial charge in [-0.05, 0) is 64.2 Å². The fourth-order valence-electron chi connectivity index (χ4n) is 8.63. The predicted octanol–water partition coefficient (Wildman–Crippen LogP) is 5.01. The van der Waals surface area contributed by atoms with Crippen LogP contribution in [0.2, 0.25) is 0 Å². The average Bonchev–Trinajstić information content (AvgIpc) is 3.39. The van der Waals surface area contributed by atoms with Crippen LogP contribution < -0.4 is 26.6 Å². The summed E-state index contributed by atoms with van der Waals surface area (Å²) in [4.78, 5) is 110. The third-order valence-corrected chi connectivity index (χ3v) is 13.7. The molecule has 1 aliphatic carbocycles. The van der Waals surface area contributed by atoms with Crippen molar-refractivity contribution >= 4 is 69.3 Å². The van der Waals surface area contributed by atoms with Gasteiger partial charge in [-0.15, -0.1) is 0 Å². The number of nitrogens with zero attached hydrogens (tertiary/aromatic N) is 1. The summed E-state index contributed by atoms with van der Waals surface area (Å²) in [6.07, 6.45) is 22.8. The highest BCUT2D eigenvalue weighted by atomic mass is 79.9. The van der Waals surface area contributed by atoms with Crippen molar-refractivity contribution in [2.45, 2.75) is 191 Å². The van der Waals surface area contributed by atoms with Crippen LogP contribution in [0.25, 0.3) is 0 Å². The van der Waals surface area contributed by atoms with Crippen LogP contribution >= 0.6 is 15.9 Å². The summed E-state index contributed by atoms with van der Waals surface area (Å²) in [6.45, 7) is 1.06.